The minimum Gasteiger partial charge on any atom is -0.507 e. The Bertz CT molecular complexity index is 421. The molecule has 0 unspecified atom stereocenters. The van der Waals surface area contributed by atoms with Gasteiger partial charge in [0.05, 0.1) is 0 Å². The summed E-state index contributed by atoms with van der Waals surface area (Å²) in [6.07, 6.45) is 0. The van der Waals surface area contributed by atoms with Crippen LogP contribution < -0.4 is 15.9 Å². The lowest BCUT2D eigenvalue weighted by Crippen LogP contribution is -2.17. The first-order valence-electron chi connectivity index (χ1n) is 3.12. The van der Waals surface area contributed by atoms with Gasteiger partial charge >= 0.3 is 0 Å². The van der Waals surface area contributed by atoms with Gasteiger partial charge in [0, 0.05) is 10.4 Å². The van der Waals surface area contributed by atoms with Crippen molar-refractivity contribution in [3.63, 3.8) is 0 Å². The Hall–Kier alpha value is -1.57. The Morgan fingerprint density at radius 3 is 2.45 bits per heavy atom. The fraction of sp³-hybridized carbons (Fsp3) is 0. The number of hydrogen-bond donors (Lipinski definition) is 1. The number of hydrogen-bond acceptors (Lipinski definition) is 2. The van der Waals surface area contributed by atoms with E-state index in [1.165, 1.54) is 18.2 Å². The Morgan fingerprint density at radius 1 is 1.18 bits per heavy atom. The SMILES string of the molecule is C=c1ccc(=O)c(=C)cc1O. The lowest BCUT2D eigenvalue weighted by molar-refractivity contribution is 0.471. The third-order valence-electron chi connectivity index (χ3n) is 1.39. The van der Waals surface area contributed by atoms with Gasteiger partial charge in [0.15, 0.2) is 5.43 Å². The van der Waals surface area contributed by atoms with Crippen LogP contribution in [-0.4, -0.2) is 5.11 Å². The van der Waals surface area contributed by atoms with Gasteiger partial charge in [-0.25, -0.2) is 0 Å². The minimum atomic E-state index is -0.199. The zero-order chi connectivity index (χ0) is 8.43. The molecule has 0 bridgehead atoms. The second-order valence-corrected chi connectivity index (χ2v) is 2.28. The maximum absolute atomic E-state index is 10.9. The highest BCUT2D eigenvalue weighted by Crippen LogP contribution is 1.88. The van der Waals surface area contributed by atoms with Crippen molar-refractivity contribution in [3.05, 3.63) is 38.9 Å². The van der Waals surface area contributed by atoms with Crippen molar-refractivity contribution in [1.29, 1.82) is 0 Å². The van der Waals surface area contributed by atoms with Gasteiger partial charge in [0.25, 0.3) is 0 Å². The van der Waals surface area contributed by atoms with Crippen LogP contribution >= 0.6 is 0 Å². The van der Waals surface area contributed by atoms with Gasteiger partial charge in [-0.2, -0.15) is 0 Å². The predicted octanol–water partition coefficient (Wildman–Crippen LogP) is -0.427. The molecule has 0 heterocycles. The summed E-state index contributed by atoms with van der Waals surface area (Å²) in [6.45, 7) is 6.99. The molecule has 1 aromatic rings. The van der Waals surface area contributed by atoms with Crippen LogP contribution in [0.4, 0.5) is 0 Å². The van der Waals surface area contributed by atoms with E-state index in [9.17, 15) is 4.79 Å². The average molecular weight is 148 g/mol. The molecule has 0 aliphatic heterocycles. The second-order valence-electron chi connectivity index (χ2n) is 2.28. The summed E-state index contributed by atoms with van der Waals surface area (Å²) in [5.41, 5.74) is -0.199. The van der Waals surface area contributed by atoms with E-state index in [0.717, 1.165) is 0 Å². The third kappa shape index (κ3) is 1.46. The Morgan fingerprint density at radius 2 is 1.82 bits per heavy atom. The highest BCUT2D eigenvalue weighted by atomic mass is 16.3. The van der Waals surface area contributed by atoms with E-state index in [2.05, 4.69) is 13.2 Å². The molecule has 0 aliphatic rings. The van der Waals surface area contributed by atoms with Crippen molar-refractivity contribution >= 4 is 13.2 Å². The molecular formula is C9H8O2. The zero-order valence-corrected chi connectivity index (χ0v) is 6.00. The van der Waals surface area contributed by atoms with Crippen molar-refractivity contribution < 1.29 is 5.11 Å². The molecule has 0 fully saturated rings. The smallest absolute Gasteiger partial charge is 0.185 e. The van der Waals surface area contributed by atoms with E-state index in [1.54, 1.807) is 0 Å². The quantitative estimate of drug-likeness (QED) is 0.542. The molecule has 0 amide bonds. The number of rotatable bonds is 0. The first-order valence-corrected chi connectivity index (χ1v) is 3.12. The van der Waals surface area contributed by atoms with Crippen LogP contribution in [0.3, 0.4) is 0 Å². The van der Waals surface area contributed by atoms with Gasteiger partial charge in [-0.3, -0.25) is 4.79 Å². The largest absolute Gasteiger partial charge is 0.507 e. The summed E-state index contributed by atoms with van der Waals surface area (Å²) < 4.78 is 0. The Labute approximate surface area is 63.7 Å². The van der Waals surface area contributed by atoms with E-state index >= 15 is 0 Å². The molecule has 56 valence electrons. The van der Waals surface area contributed by atoms with E-state index in [-0.39, 0.29) is 16.4 Å². The van der Waals surface area contributed by atoms with Crippen LogP contribution in [0.1, 0.15) is 0 Å². The topological polar surface area (TPSA) is 37.3 Å². The molecule has 1 N–H and O–H groups in total. The molecule has 11 heavy (non-hydrogen) atoms. The van der Waals surface area contributed by atoms with Crippen molar-refractivity contribution in [1.82, 2.24) is 0 Å². The molecule has 1 aromatic carbocycles. The minimum absolute atomic E-state index is 0.00269. The summed E-state index contributed by atoms with van der Waals surface area (Å²) in [7, 11) is 0. The maximum Gasteiger partial charge on any atom is 0.185 e. The van der Waals surface area contributed by atoms with E-state index in [4.69, 9.17) is 5.11 Å². The normalized spacial score (nSPS) is 9.45. The zero-order valence-electron chi connectivity index (χ0n) is 6.00. The molecule has 0 saturated heterocycles. The van der Waals surface area contributed by atoms with E-state index < -0.39 is 0 Å². The molecule has 1 rings (SSSR count). The van der Waals surface area contributed by atoms with Gasteiger partial charge < -0.3 is 5.11 Å². The molecule has 0 radical (unpaired) electrons. The van der Waals surface area contributed by atoms with E-state index in [1.807, 2.05) is 0 Å². The van der Waals surface area contributed by atoms with Gasteiger partial charge in [0.1, 0.15) is 5.75 Å². The van der Waals surface area contributed by atoms with Crippen molar-refractivity contribution in [2.75, 3.05) is 0 Å². The summed E-state index contributed by atoms with van der Waals surface area (Å²) >= 11 is 0. The highest BCUT2D eigenvalue weighted by molar-refractivity contribution is 5.26. The Balaban J connectivity index is 3.82. The fourth-order valence-electron chi connectivity index (χ4n) is 0.698. The first-order chi connectivity index (χ1) is 5.11. The van der Waals surface area contributed by atoms with Crippen molar-refractivity contribution in [2.24, 2.45) is 0 Å². The molecule has 2 nitrogen and oxygen atoms in total. The van der Waals surface area contributed by atoms with Crippen LogP contribution in [0.2, 0.25) is 0 Å². The summed E-state index contributed by atoms with van der Waals surface area (Å²) in [5, 5.41) is 9.85. The summed E-state index contributed by atoms with van der Waals surface area (Å²) in [4.78, 5) is 10.9. The molecular weight excluding hydrogens is 140 g/mol. The van der Waals surface area contributed by atoms with Crippen LogP contribution in [0, 0.1) is 0 Å². The Kier molecular flexibility index (Phi) is 1.77. The summed E-state index contributed by atoms with van der Waals surface area (Å²) in [6, 6.07) is 4.11. The standard InChI is InChI=1S/C9H8O2/c1-6-3-4-8(10)7(2)5-9(6)11/h3-5,11H,1-2H2. The fourth-order valence-corrected chi connectivity index (χ4v) is 0.698. The molecule has 2 heteroatoms. The lowest BCUT2D eigenvalue weighted by Gasteiger charge is -1.80. The van der Waals surface area contributed by atoms with Gasteiger partial charge in [0.2, 0.25) is 0 Å². The average Bonchev–Trinajstić information content (AvgIpc) is 2.05. The highest BCUT2D eigenvalue weighted by Gasteiger charge is 1.87. The van der Waals surface area contributed by atoms with Crippen LogP contribution in [-0.2, 0) is 0 Å². The molecule has 0 atom stereocenters. The van der Waals surface area contributed by atoms with Gasteiger partial charge in [-0.15, -0.1) is 0 Å². The number of aromatic hydroxyl groups is 1. The first kappa shape index (κ1) is 7.54. The van der Waals surface area contributed by atoms with Gasteiger partial charge in [-0.05, 0) is 18.2 Å². The summed E-state index contributed by atoms with van der Waals surface area (Å²) in [5.74, 6) is -0.00269. The van der Waals surface area contributed by atoms with Crippen LogP contribution in [0.15, 0.2) is 23.0 Å². The molecule has 0 aliphatic carbocycles. The third-order valence-corrected chi connectivity index (χ3v) is 1.39. The van der Waals surface area contributed by atoms with Crippen molar-refractivity contribution in [2.45, 2.75) is 0 Å². The predicted molar refractivity (Wildman–Crippen MR) is 44.7 cm³/mol. The molecule has 0 spiro atoms. The van der Waals surface area contributed by atoms with Gasteiger partial charge in [-0.1, -0.05) is 13.2 Å². The monoisotopic (exact) mass is 148 g/mol. The van der Waals surface area contributed by atoms with E-state index in [0.29, 0.717) is 5.22 Å². The van der Waals surface area contributed by atoms with Crippen LogP contribution in [0.5, 0.6) is 5.75 Å². The lowest BCUT2D eigenvalue weighted by atomic mass is 10.4. The van der Waals surface area contributed by atoms with Crippen molar-refractivity contribution in [3.8, 4) is 5.75 Å². The second kappa shape index (κ2) is 2.58. The molecule has 0 aromatic heterocycles. The maximum atomic E-state index is 10.9. The van der Waals surface area contributed by atoms with Crippen LogP contribution in [0.25, 0.3) is 13.2 Å². The molecule has 0 saturated carbocycles.